The molecule has 43 heavy (non-hydrogen) atoms. The predicted octanol–water partition coefficient (Wildman–Crippen LogP) is 7.36. The monoisotopic (exact) mass is 609 g/mol. The van der Waals surface area contributed by atoms with Gasteiger partial charge in [-0.15, -0.1) is 10.2 Å². The molecular weight excluding hydrogens is 585 g/mol. The number of carbonyl (C=O) groups is 2. The summed E-state index contributed by atoms with van der Waals surface area (Å²) in [4.78, 5) is 27.6. The van der Waals surface area contributed by atoms with Crippen LogP contribution in [0.1, 0.15) is 27.7 Å². The molecule has 0 bridgehead atoms. The van der Waals surface area contributed by atoms with E-state index in [4.69, 9.17) is 11.6 Å². The average Bonchev–Trinajstić information content (AvgIpc) is 3.45. The van der Waals surface area contributed by atoms with Gasteiger partial charge in [0.25, 0.3) is 0 Å². The van der Waals surface area contributed by atoms with Gasteiger partial charge in [0.2, 0.25) is 5.91 Å². The van der Waals surface area contributed by atoms with Crippen LogP contribution in [0.3, 0.4) is 0 Å². The van der Waals surface area contributed by atoms with E-state index < -0.39 is 0 Å². The van der Waals surface area contributed by atoms with Gasteiger partial charge in [-0.2, -0.15) is 0 Å². The molecule has 0 saturated carbocycles. The van der Waals surface area contributed by atoms with Crippen molar-refractivity contribution in [1.82, 2.24) is 14.8 Å². The fourth-order valence-corrected chi connectivity index (χ4v) is 5.83. The number of nitrogens with one attached hydrogen (secondary N) is 1. The topological polar surface area (TPSA) is 80.1 Å². The smallest absolute Gasteiger partial charge is 0.234 e. The number of benzene rings is 4. The minimum absolute atomic E-state index is 0.0874. The Bertz CT molecular complexity index is 1820. The highest BCUT2D eigenvalue weighted by molar-refractivity contribution is 7.99. The van der Waals surface area contributed by atoms with Crippen LogP contribution in [0.15, 0.2) is 108 Å². The summed E-state index contributed by atoms with van der Waals surface area (Å²) in [6.45, 7) is 0. The first-order valence-electron chi connectivity index (χ1n) is 13.4. The summed E-state index contributed by atoms with van der Waals surface area (Å²) in [6, 6.07) is 28.2. The van der Waals surface area contributed by atoms with Gasteiger partial charge in [0.15, 0.2) is 16.8 Å². The van der Waals surface area contributed by atoms with Crippen molar-refractivity contribution < 1.29 is 14.0 Å². The van der Waals surface area contributed by atoms with Gasteiger partial charge in [0.05, 0.1) is 5.75 Å². The lowest BCUT2D eigenvalue weighted by Crippen LogP contribution is -2.34. The summed E-state index contributed by atoms with van der Waals surface area (Å²) >= 11 is 7.17. The molecule has 7 nitrogen and oxygen atoms in total. The number of allylic oxidation sites excluding steroid dienone is 1. The van der Waals surface area contributed by atoms with E-state index in [2.05, 4.69) is 20.4 Å². The van der Waals surface area contributed by atoms with Crippen molar-refractivity contribution in [2.45, 2.75) is 11.3 Å². The summed E-state index contributed by atoms with van der Waals surface area (Å²) in [5.41, 5.74) is 4.71. The van der Waals surface area contributed by atoms with Crippen LogP contribution >= 0.6 is 23.4 Å². The van der Waals surface area contributed by atoms with E-state index in [1.54, 1.807) is 54.6 Å². The van der Waals surface area contributed by atoms with Gasteiger partial charge in [-0.05, 0) is 77.9 Å². The minimum atomic E-state index is -0.329. The second kappa shape index (κ2) is 12.2. The van der Waals surface area contributed by atoms with Crippen molar-refractivity contribution in [3.05, 3.63) is 131 Å². The molecule has 6 rings (SSSR count). The standard InChI is InChI=1S/C33H25ClFN5O2S/c1-39-28-5-3-2-4-27(28)31-37-38-33(40(31)32(39)23-9-15-25(35)16-10-23)43-20-30(42)36-26-17-11-22(12-18-26)29(41)19-8-21-6-13-24(34)14-7-21/h2-19,32H,20H2,1H3,(H,36,42)/b19-8+. The maximum absolute atomic E-state index is 13.7. The van der Waals surface area contributed by atoms with Gasteiger partial charge in [-0.1, -0.05) is 65.8 Å². The zero-order valence-corrected chi connectivity index (χ0v) is 24.5. The van der Waals surface area contributed by atoms with E-state index in [9.17, 15) is 14.0 Å². The molecule has 4 aromatic carbocycles. The van der Waals surface area contributed by atoms with Crippen molar-refractivity contribution >= 4 is 52.5 Å². The number of para-hydroxylation sites is 1. The number of hydrogen-bond donors (Lipinski definition) is 1. The third kappa shape index (κ3) is 6.09. The molecular formula is C33H25ClFN5O2S. The number of carbonyl (C=O) groups excluding carboxylic acids is 2. The van der Waals surface area contributed by atoms with Crippen LogP contribution in [0.5, 0.6) is 0 Å². The molecule has 1 atom stereocenters. The van der Waals surface area contributed by atoms with E-state index in [-0.39, 0.29) is 29.4 Å². The number of hydrogen-bond acceptors (Lipinski definition) is 6. The molecule has 1 aromatic heterocycles. The number of anilines is 2. The van der Waals surface area contributed by atoms with Gasteiger partial charge < -0.3 is 10.2 Å². The number of amides is 1. The summed E-state index contributed by atoms with van der Waals surface area (Å²) in [5, 5.41) is 13.0. The first-order valence-corrected chi connectivity index (χ1v) is 14.8. The molecule has 1 amide bonds. The van der Waals surface area contributed by atoms with Crippen molar-refractivity contribution in [3.63, 3.8) is 0 Å². The second-order valence-corrected chi connectivity index (χ2v) is 11.3. The van der Waals surface area contributed by atoms with Gasteiger partial charge in [-0.25, -0.2) is 4.39 Å². The van der Waals surface area contributed by atoms with E-state index in [1.807, 2.05) is 48.0 Å². The predicted molar refractivity (Wildman–Crippen MR) is 169 cm³/mol. The largest absolute Gasteiger partial charge is 0.350 e. The Morgan fingerprint density at radius 2 is 1.67 bits per heavy atom. The molecule has 10 heteroatoms. The number of fused-ring (bicyclic) bond motifs is 3. The molecule has 2 heterocycles. The summed E-state index contributed by atoms with van der Waals surface area (Å²) in [5.74, 6) is 0.0691. The molecule has 0 spiro atoms. The number of ketones is 1. The van der Waals surface area contributed by atoms with Crippen LogP contribution in [0.2, 0.25) is 5.02 Å². The molecule has 0 fully saturated rings. The maximum Gasteiger partial charge on any atom is 0.234 e. The lowest BCUT2D eigenvalue weighted by molar-refractivity contribution is -0.113. The Morgan fingerprint density at radius 3 is 2.42 bits per heavy atom. The maximum atomic E-state index is 13.7. The van der Waals surface area contributed by atoms with Crippen LogP contribution in [-0.2, 0) is 4.79 Å². The molecule has 0 aliphatic carbocycles. The van der Waals surface area contributed by atoms with E-state index in [0.29, 0.717) is 27.3 Å². The molecule has 0 radical (unpaired) electrons. The third-order valence-corrected chi connectivity index (χ3v) is 8.25. The van der Waals surface area contributed by atoms with Crippen LogP contribution in [-0.4, -0.2) is 39.3 Å². The number of halogens is 2. The first kappa shape index (κ1) is 28.4. The van der Waals surface area contributed by atoms with Crippen molar-refractivity contribution in [3.8, 4) is 11.4 Å². The number of rotatable bonds is 8. The van der Waals surface area contributed by atoms with Gasteiger partial charge in [0, 0.05) is 34.6 Å². The molecule has 1 unspecified atom stereocenters. The van der Waals surface area contributed by atoms with E-state index in [1.165, 1.54) is 30.0 Å². The highest BCUT2D eigenvalue weighted by Crippen LogP contribution is 2.43. The second-order valence-electron chi connectivity index (χ2n) is 9.89. The van der Waals surface area contributed by atoms with E-state index in [0.717, 1.165) is 22.4 Å². The third-order valence-electron chi connectivity index (χ3n) is 7.05. The van der Waals surface area contributed by atoms with Crippen LogP contribution < -0.4 is 10.2 Å². The summed E-state index contributed by atoms with van der Waals surface area (Å²) < 4.78 is 15.7. The normalized spacial score (nSPS) is 13.9. The molecule has 1 aliphatic rings. The SMILES string of the molecule is CN1c2ccccc2-c2nnc(SCC(=O)Nc3ccc(C(=O)/C=C/c4ccc(Cl)cc4)cc3)n2C1c1ccc(F)cc1. The number of aromatic nitrogens is 3. The van der Waals surface area contributed by atoms with Crippen LogP contribution in [0, 0.1) is 5.82 Å². The van der Waals surface area contributed by atoms with Gasteiger partial charge in [-0.3, -0.25) is 14.2 Å². The molecule has 1 N–H and O–H groups in total. The summed E-state index contributed by atoms with van der Waals surface area (Å²) in [6.07, 6.45) is 2.90. The van der Waals surface area contributed by atoms with E-state index >= 15 is 0 Å². The minimum Gasteiger partial charge on any atom is -0.350 e. The fourth-order valence-electron chi connectivity index (χ4n) is 4.95. The molecule has 0 saturated heterocycles. The number of nitrogens with zero attached hydrogens (tertiary/aromatic N) is 4. The quantitative estimate of drug-likeness (QED) is 0.112. The van der Waals surface area contributed by atoms with Gasteiger partial charge in [0.1, 0.15) is 12.0 Å². The zero-order chi connectivity index (χ0) is 29.9. The van der Waals surface area contributed by atoms with Crippen LogP contribution in [0.25, 0.3) is 17.5 Å². The Labute approximate surface area is 257 Å². The average molecular weight is 610 g/mol. The Hall–Kier alpha value is -4.73. The molecule has 5 aromatic rings. The number of thioether (sulfide) groups is 1. The van der Waals surface area contributed by atoms with Crippen molar-refractivity contribution in [2.75, 3.05) is 23.0 Å². The first-order chi connectivity index (χ1) is 20.9. The summed E-state index contributed by atoms with van der Waals surface area (Å²) in [7, 11) is 1.97. The highest BCUT2D eigenvalue weighted by Gasteiger charge is 2.33. The fraction of sp³-hybridized carbons (Fsp3) is 0.0909. The van der Waals surface area contributed by atoms with Gasteiger partial charge >= 0.3 is 0 Å². The Morgan fingerprint density at radius 1 is 0.953 bits per heavy atom. The lowest BCUT2D eigenvalue weighted by Gasteiger charge is -2.37. The van der Waals surface area contributed by atoms with Crippen LogP contribution in [0.4, 0.5) is 15.8 Å². The highest BCUT2D eigenvalue weighted by atomic mass is 35.5. The lowest BCUT2D eigenvalue weighted by atomic mass is 10.0. The van der Waals surface area contributed by atoms with Crippen molar-refractivity contribution in [2.24, 2.45) is 0 Å². The molecule has 1 aliphatic heterocycles. The zero-order valence-electron chi connectivity index (χ0n) is 22.9. The van der Waals surface area contributed by atoms with Crippen molar-refractivity contribution in [1.29, 1.82) is 0 Å². The Balaban J connectivity index is 1.14. The Kier molecular flexibility index (Phi) is 8.09. The molecule has 214 valence electrons.